The zero-order valence-corrected chi connectivity index (χ0v) is 13.7. The third-order valence-electron chi connectivity index (χ3n) is 3.08. The minimum atomic E-state index is -0.978. The first kappa shape index (κ1) is 16.0. The van der Waals surface area contributed by atoms with Gasteiger partial charge in [0.1, 0.15) is 11.8 Å². The van der Waals surface area contributed by atoms with E-state index in [1.54, 1.807) is 25.3 Å². The highest BCUT2D eigenvalue weighted by atomic mass is 79.9. The molecule has 0 bridgehead atoms. The highest BCUT2D eigenvalue weighted by molar-refractivity contribution is 9.10. The normalized spacial score (nSPS) is 18.2. The number of hydrogen-bond acceptors (Lipinski definition) is 4. The van der Waals surface area contributed by atoms with Crippen molar-refractivity contribution < 1.29 is 19.4 Å². The van der Waals surface area contributed by atoms with E-state index in [1.165, 1.54) is 16.7 Å². The van der Waals surface area contributed by atoms with Gasteiger partial charge in [-0.2, -0.15) is 11.8 Å². The number of amides is 2. The van der Waals surface area contributed by atoms with Gasteiger partial charge in [0, 0.05) is 23.7 Å². The Balaban J connectivity index is 2.09. The summed E-state index contributed by atoms with van der Waals surface area (Å²) in [5.41, 5.74) is 0.579. The number of hydrogen-bond donors (Lipinski definition) is 2. The van der Waals surface area contributed by atoms with Gasteiger partial charge in [-0.1, -0.05) is 0 Å². The van der Waals surface area contributed by atoms with Crippen LogP contribution in [0.3, 0.4) is 0 Å². The van der Waals surface area contributed by atoms with E-state index in [0.717, 1.165) is 5.75 Å². The highest BCUT2D eigenvalue weighted by Gasteiger charge is 2.32. The monoisotopic (exact) mass is 374 g/mol. The first-order valence-corrected chi connectivity index (χ1v) is 8.19. The molecule has 1 saturated heterocycles. The minimum absolute atomic E-state index is 0.403. The summed E-state index contributed by atoms with van der Waals surface area (Å²) in [6, 6.07) is 3.95. The maximum absolute atomic E-state index is 12.2. The molecule has 1 aliphatic heterocycles. The van der Waals surface area contributed by atoms with Crippen molar-refractivity contribution in [1.29, 1.82) is 0 Å². The Hall–Kier alpha value is -1.41. The number of thioether (sulfide) groups is 1. The summed E-state index contributed by atoms with van der Waals surface area (Å²) in [4.78, 5) is 24.8. The molecule has 2 rings (SSSR count). The lowest BCUT2D eigenvalue weighted by Gasteiger charge is -2.32. The second-order valence-electron chi connectivity index (χ2n) is 4.40. The quantitative estimate of drug-likeness (QED) is 0.849. The number of nitrogens with one attached hydrogen (secondary N) is 1. The zero-order valence-electron chi connectivity index (χ0n) is 11.3. The molecule has 2 N–H and O–H groups in total. The molecular formula is C13H15BrN2O4S. The van der Waals surface area contributed by atoms with Gasteiger partial charge in [-0.05, 0) is 34.1 Å². The van der Waals surface area contributed by atoms with Crippen LogP contribution >= 0.6 is 27.7 Å². The fraction of sp³-hybridized carbons (Fsp3) is 0.385. The van der Waals surface area contributed by atoms with Crippen LogP contribution in [0.4, 0.5) is 10.5 Å². The molecule has 6 nitrogen and oxygen atoms in total. The fourth-order valence-electron chi connectivity index (χ4n) is 1.99. The zero-order chi connectivity index (χ0) is 15.4. The van der Waals surface area contributed by atoms with Crippen molar-refractivity contribution >= 4 is 45.4 Å². The number of urea groups is 1. The lowest BCUT2D eigenvalue weighted by Crippen LogP contribution is -2.51. The van der Waals surface area contributed by atoms with Crippen LogP contribution in [0.1, 0.15) is 0 Å². The number of benzene rings is 1. The molecule has 1 aromatic carbocycles. The summed E-state index contributed by atoms with van der Waals surface area (Å²) in [6.07, 6.45) is 0. The smallest absolute Gasteiger partial charge is 0.327 e. The van der Waals surface area contributed by atoms with Crippen molar-refractivity contribution in [3.8, 4) is 5.75 Å². The molecule has 1 aliphatic rings. The maximum atomic E-state index is 12.2. The molecule has 8 heteroatoms. The molecule has 1 atom stereocenters. The summed E-state index contributed by atoms with van der Waals surface area (Å²) in [5, 5.41) is 11.9. The molecule has 0 spiro atoms. The third-order valence-corrected chi connectivity index (χ3v) is 4.72. The van der Waals surface area contributed by atoms with Gasteiger partial charge in [0.05, 0.1) is 11.6 Å². The van der Waals surface area contributed by atoms with Crippen LogP contribution in [0.5, 0.6) is 5.75 Å². The van der Waals surface area contributed by atoms with E-state index < -0.39 is 18.0 Å². The second kappa shape index (κ2) is 7.04. The van der Waals surface area contributed by atoms with Gasteiger partial charge in [-0.15, -0.1) is 0 Å². The summed E-state index contributed by atoms with van der Waals surface area (Å²) in [7, 11) is 1.56. The number of anilines is 1. The van der Waals surface area contributed by atoms with E-state index >= 15 is 0 Å². The van der Waals surface area contributed by atoms with Gasteiger partial charge in [0.2, 0.25) is 0 Å². The van der Waals surface area contributed by atoms with Crippen molar-refractivity contribution in [2.24, 2.45) is 0 Å². The van der Waals surface area contributed by atoms with E-state index in [-0.39, 0.29) is 0 Å². The van der Waals surface area contributed by atoms with Gasteiger partial charge < -0.3 is 20.1 Å². The van der Waals surface area contributed by atoms with Crippen molar-refractivity contribution in [3.05, 3.63) is 22.7 Å². The molecule has 1 heterocycles. The molecule has 0 aliphatic carbocycles. The number of carboxylic acid groups (broad SMARTS) is 1. The Morgan fingerprint density at radius 1 is 1.52 bits per heavy atom. The van der Waals surface area contributed by atoms with E-state index in [9.17, 15) is 14.7 Å². The average molecular weight is 375 g/mol. The number of carbonyl (C=O) groups excluding carboxylic acids is 1. The van der Waals surface area contributed by atoms with Crippen LogP contribution in [0.25, 0.3) is 0 Å². The Kier molecular flexibility index (Phi) is 5.35. The average Bonchev–Trinajstić information content (AvgIpc) is 2.47. The van der Waals surface area contributed by atoms with E-state index in [0.29, 0.717) is 28.2 Å². The van der Waals surface area contributed by atoms with Crippen molar-refractivity contribution in [2.45, 2.75) is 6.04 Å². The summed E-state index contributed by atoms with van der Waals surface area (Å²) in [5.74, 6) is 0.831. The van der Waals surface area contributed by atoms with Crippen molar-refractivity contribution in [2.75, 3.05) is 30.5 Å². The van der Waals surface area contributed by atoms with Crippen molar-refractivity contribution in [3.63, 3.8) is 0 Å². The Morgan fingerprint density at radius 2 is 2.29 bits per heavy atom. The first-order chi connectivity index (χ1) is 10.0. The SMILES string of the molecule is COc1ccc(NC(=O)N2CCSCC2C(=O)O)cc1Br. The van der Waals surface area contributed by atoms with E-state index in [4.69, 9.17) is 4.74 Å². The highest BCUT2D eigenvalue weighted by Crippen LogP contribution is 2.28. The molecule has 0 saturated carbocycles. The first-order valence-electron chi connectivity index (χ1n) is 6.24. The molecule has 114 valence electrons. The fourth-order valence-corrected chi connectivity index (χ4v) is 3.57. The summed E-state index contributed by atoms with van der Waals surface area (Å²) in [6.45, 7) is 0.421. The second-order valence-corrected chi connectivity index (χ2v) is 6.41. The number of ether oxygens (including phenoxy) is 1. The number of halogens is 1. The van der Waals surface area contributed by atoms with Crippen LogP contribution in [0, 0.1) is 0 Å². The Bertz CT molecular complexity index is 555. The predicted molar refractivity (Wildman–Crippen MR) is 85.2 cm³/mol. The third kappa shape index (κ3) is 3.82. The molecule has 0 radical (unpaired) electrons. The van der Waals surface area contributed by atoms with Crippen LogP contribution in [-0.4, -0.2) is 53.2 Å². The van der Waals surface area contributed by atoms with E-state index in [2.05, 4.69) is 21.2 Å². The van der Waals surface area contributed by atoms with Crippen LogP contribution in [0.15, 0.2) is 22.7 Å². The molecule has 1 fully saturated rings. The van der Waals surface area contributed by atoms with Gasteiger partial charge in [-0.3, -0.25) is 0 Å². The van der Waals surface area contributed by atoms with Gasteiger partial charge in [0.15, 0.2) is 0 Å². The van der Waals surface area contributed by atoms with Gasteiger partial charge in [0.25, 0.3) is 0 Å². The standard InChI is InChI=1S/C13H15BrN2O4S/c1-20-11-3-2-8(6-9(11)14)15-13(19)16-4-5-21-7-10(16)12(17)18/h2-3,6,10H,4-5,7H2,1H3,(H,15,19)(H,17,18). The lowest BCUT2D eigenvalue weighted by molar-refractivity contribution is -0.141. The predicted octanol–water partition coefficient (Wildman–Crippen LogP) is 2.49. The minimum Gasteiger partial charge on any atom is -0.496 e. The Morgan fingerprint density at radius 3 is 2.90 bits per heavy atom. The number of nitrogens with zero attached hydrogens (tertiary/aromatic N) is 1. The van der Waals surface area contributed by atoms with Crippen molar-refractivity contribution in [1.82, 2.24) is 4.90 Å². The molecule has 1 unspecified atom stereocenters. The van der Waals surface area contributed by atoms with Crippen LogP contribution in [0.2, 0.25) is 0 Å². The molecule has 21 heavy (non-hydrogen) atoms. The molecule has 1 aromatic rings. The van der Waals surface area contributed by atoms with Crippen LogP contribution in [-0.2, 0) is 4.79 Å². The Labute approximate surface area is 135 Å². The van der Waals surface area contributed by atoms with Crippen LogP contribution < -0.4 is 10.1 Å². The van der Waals surface area contributed by atoms with Gasteiger partial charge >= 0.3 is 12.0 Å². The number of aliphatic carboxylic acids is 1. The molecule has 2 amide bonds. The lowest BCUT2D eigenvalue weighted by atomic mass is 10.2. The molecule has 0 aromatic heterocycles. The summed E-state index contributed by atoms with van der Waals surface area (Å²) < 4.78 is 5.83. The largest absolute Gasteiger partial charge is 0.496 e. The number of carbonyl (C=O) groups is 2. The molecular weight excluding hydrogens is 360 g/mol. The van der Waals surface area contributed by atoms with Gasteiger partial charge in [-0.25, -0.2) is 9.59 Å². The summed E-state index contributed by atoms with van der Waals surface area (Å²) >= 11 is 4.88. The number of carboxylic acids is 1. The van der Waals surface area contributed by atoms with E-state index in [1.807, 2.05) is 0 Å². The topological polar surface area (TPSA) is 78.9 Å². The maximum Gasteiger partial charge on any atom is 0.327 e. The number of rotatable bonds is 3. The number of methoxy groups -OCH3 is 1.